The molecule has 2 aliphatic rings. The van der Waals surface area contributed by atoms with Gasteiger partial charge in [0.25, 0.3) is 0 Å². The summed E-state index contributed by atoms with van der Waals surface area (Å²) in [5.41, 5.74) is 0. The van der Waals surface area contributed by atoms with E-state index < -0.39 is 0 Å². The fourth-order valence-electron chi connectivity index (χ4n) is 2.93. The van der Waals surface area contributed by atoms with Gasteiger partial charge in [-0.1, -0.05) is 12.5 Å². The summed E-state index contributed by atoms with van der Waals surface area (Å²) in [7, 11) is 0. The normalized spacial score (nSPS) is 24.6. The number of hydrogen-bond acceptors (Lipinski definition) is 3. The molecule has 1 aliphatic carbocycles. The standard InChI is InChI=1S/C15H24N2S/c1-2-9-16-13(4-1)8-10-17(14-6-7-14)12-15-5-3-11-18-15/h3,5,11,13-14,16H,1-2,4,6-10,12H2. The van der Waals surface area contributed by atoms with Crippen LogP contribution in [-0.2, 0) is 6.54 Å². The van der Waals surface area contributed by atoms with Crippen molar-refractivity contribution in [1.29, 1.82) is 0 Å². The average Bonchev–Trinajstić information content (AvgIpc) is 3.13. The lowest BCUT2D eigenvalue weighted by Crippen LogP contribution is -2.37. The second-order valence-electron chi connectivity index (χ2n) is 5.72. The van der Waals surface area contributed by atoms with Crippen molar-refractivity contribution in [3.05, 3.63) is 22.4 Å². The zero-order chi connectivity index (χ0) is 12.2. The van der Waals surface area contributed by atoms with Crippen molar-refractivity contribution < 1.29 is 0 Å². The molecule has 1 unspecified atom stereocenters. The molecule has 1 N–H and O–H groups in total. The van der Waals surface area contributed by atoms with Crippen molar-refractivity contribution in [1.82, 2.24) is 10.2 Å². The highest BCUT2D eigenvalue weighted by Crippen LogP contribution is 2.29. The minimum Gasteiger partial charge on any atom is -0.314 e. The molecule has 3 heteroatoms. The van der Waals surface area contributed by atoms with E-state index in [1.807, 2.05) is 11.3 Å². The summed E-state index contributed by atoms with van der Waals surface area (Å²) in [5.74, 6) is 0. The van der Waals surface area contributed by atoms with Crippen LogP contribution in [0, 0.1) is 0 Å². The Labute approximate surface area is 114 Å². The summed E-state index contributed by atoms with van der Waals surface area (Å²) in [6.45, 7) is 3.69. The summed E-state index contributed by atoms with van der Waals surface area (Å²) < 4.78 is 0. The van der Waals surface area contributed by atoms with E-state index in [0.717, 1.165) is 12.1 Å². The van der Waals surface area contributed by atoms with E-state index >= 15 is 0 Å². The van der Waals surface area contributed by atoms with Crippen LogP contribution in [-0.4, -0.2) is 30.1 Å². The number of thiophene rings is 1. The quantitative estimate of drug-likeness (QED) is 0.848. The van der Waals surface area contributed by atoms with Gasteiger partial charge in [0.2, 0.25) is 0 Å². The van der Waals surface area contributed by atoms with E-state index in [1.54, 1.807) is 0 Å². The van der Waals surface area contributed by atoms with Crippen LogP contribution in [0.4, 0.5) is 0 Å². The van der Waals surface area contributed by atoms with Crippen LogP contribution in [0.3, 0.4) is 0 Å². The Morgan fingerprint density at radius 2 is 2.22 bits per heavy atom. The Balaban J connectivity index is 1.47. The molecule has 1 aromatic rings. The van der Waals surface area contributed by atoms with E-state index in [4.69, 9.17) is 0 Å². The van der Waals surface area contributed by atoms with E-state index in [-0.39, 0.29) is 0 Å². The van der Waals surface area contributed by atoms with Crippen molar-refractivity contribution in [2.45, 2.75) is 57.2 Å². The summed E-state index contributed by atoms with van der Waals surface area (Å²) >= 11 is 1.90. The first-order valence-corrected chi connectivity index (χ1v) is 8.29. The van der Waals surface area contributed by atoms with Gasteiger partial charge in [0, 0.05) is 30.1 Å². The Bertz CT molecular complexity index is 339. The van der Waals surface area contributed by atoms with Gasteiger partial charge in [-0.05, 0) is 50.1 Å². The number of nitrogens with zero attached hydrogens (tertiary/aromatic N) is 1. The van der Waals surface area contributed by atoms with Crippen LogP contribution in [0.25, 0.3) is 0 Å². The maximum Gasteiger partial charge on any atom is 0.0330 e. The molecule has 2 nitrogen and oxygen atoms in total. The molecule has 1 atom stereocenters. The molecule has 0 bridgehead atoms. The smallest absolute Gasteiger partial charge is 0.0330 e. The van der Waals surface area contributed by atoms with Gasteiger partial charge in [0.1, 0.15) is 0 Å². The van der Waals surface area contributed by atoms with Crippen LogP contribution in [0.2, 0.25) is 0 Å². The first kappa shape index (κ1) is 12.6. The van der Waals surface area contributed by atoms with Crippen LogP contribution in [0.15, 0.2) is 17.5 Å². The molecule has 1 saturated heterocycles. The second-order valence-corrected chi connectivity index (χ2v) is 6.75. The topological polar surface area (TPSA) is 15.3 Å². The van der Waals surface area contributed by atoms with Crippen LogP contribution in [0.5, 0.6) is 0 Å². The summed E-state index contributed by atoms with van der Waals surface area (Å²) in [6, 6.07) is 6.12. The van der Waals surface area contributed by atoms with Crippen LogP contribution < -0.4 is 5.32 Å². The molecule has 2 heterocycles. The van der Waals surface area contributed by atoms with Gasteiger partial charge in [0.15, 0.2) is 0 Å². The molecule has 0 radical (unpaired) electrons. The summed E-state index contributed by atoms with van der Waals surface area (Å²) in [4.78, 5) is 4.24. The predicted octanol–water partition coefficient (Wildman–Crippen LogP) is 3.24. The Kier molecular flexibility index (Phi) is 4.34. The molecule has 3 rings (SSSR count). The third-order valence-corrected chi connectivity index (χ3v) is 5.04. The predicted molar refractivity (Wildman–Crippen MR) is 78.0 cm³/mol. The van der Waals surface area contributed by atoms with E-state index in [2.05, 4.69) is 27.7 Å². The van der Waals surface area contributed by atoms with E-state index in [0.29, 0.717) is 0 Å². The highest BCUT2D eigenvalue weighted by Gasteiger charge is 2.29. The Morgan fingerprint density at radius 3 is 2.89 bits per heavy atom. The van der Waals surface area contributed by atoms with Gasteiger partial charge >= 0.3 is 0 Å². The minimum absolute atomic E-state index is 0.781. The first-order valence-electron chi connectivity index (χ1n) is 7.41. The van der Waals surface area contributed by atoms with Crippen molar-refractivity contribution in [3.8, 4) is 0 Å². The minimum atomic E-state index is 0.781. The zero-order valence-electron chi connectivity index (χ0n) is 11.1. The van der Waals surface area contributed by atoms with Gasteiger partial charge in [0.05, 0.1) is 0 Å². The molecule has 0 aromatic carbocycles. The highest BCUT2D eigenvalue weighted by atomic mass is 32.1. The van der Waals surface area contributed by atoms with Gasteiger partial charge in [-0.3, -0.25) is 4.90 Å². The molecule has 0 spiro atoms. The number of piperidine rings is 1. The molecule has 1 aliphatic heterocycles. The second kappa shape index (κ2) is 6.18. The number of hydrogen-bond donors (Lipinski definition) is 1. The lowest BCUT2D eigenvalue weighted by Gasteiger charge is -2.27. The maximum atomic E-state index is 3.67. The van der Waals surface area contributed by atoms with E-state index in [9.17, 15) is 0 Å². The van der Waals surface area contributed by atoms with Crippen molar-refractivity contribution in [2.75, 3.05) is 13.1 Å². The maximum absolute atomic E-state index is 3.67. The fraction of sp³-hybridized carbons (Fsp3) is 0.733. The summed E-state index contributed by atoms with van der Waals surface area (Å²) in [6.07, 6.45) is 8.36. The molecular formula is C15H24N2S. The molecule has 0 amide bonds. The third kappa shape index (κ3) is 3.56. The molecule has 18 heavy (non-hydrogen) atoms. The lowest BCUT2D eigenvalue weighted by atomic mass is 10.0. The summed E-state index contributed by atoms with van der Waals surface area (Å²) in [5, 5.41) is 5.87. The number of nitrogens with one attached hydrogen (secondary N) is 1. The largest absolute Gasteiger partial charge is 0.314 e. The van der Waals surface area contributed by atoms with Crippen molar-refractivity contribution in [2.24, 2.45) is 0 Å². The van der Waals surface area contributed by atoms with Gasteiger partial charge in [-0.2, -0.15) is 0 Å². The molecule has 1 saturated carbocycles. The molecule has 100 valence electrons. The Morgan fingerprint density at radius 1 is 1.28 bits per heavy atom. The van der Waals surface area contributed by atoms with Crippen LogP contribution >= 0.6 is 11.3 Å². The highest BCUT2D eigenvalue weighted by molar-refractivity contribution is 7.09. The van der Waals surface area contributed by atoms with Crippen molar-refractivity contribution in [3.63, 3.8) is 0 Å². The van der Waals surface area contributed by atoms with Gasteiger partial charge < -0.3 is 5.32 Å². The average molecular weight is 264 g/mol. The lowest BCUT2D eigenvalue weighted by molar-refractivity contribution is 0.232. The fourth-order valence-corrected chi connectivity index (χ4v) is 3.65. The van der Waals surface area contributed by atoms with Gasteiger partial charge in [-0.15, -0.1) is 11.3 Å². The van der Waals surface area contributed by atoms with Crippen molar-refractivity contribution >= 4 is 11.3 Å². The van der Waals surface area contributed by atoms with E-state index in [1.165, 1.54) is 63.0 Å². The molecular weight excluding hydrogens is 240 g/mol. The molecule has 2 fully saturated rings. The third-order valence-electron chi connectivity index (χ3n) is 4.18. The SMILES string of the molecule is c1csc(CN(CCC2CCCCN2)C2CC2)c1. The molecule has 1 aromatic heterocycles. The van der Waals surface area contributed by atoms with Gasteiger partial charge in [-0.25, -0.2) is 0 Å². The monoisotopic (exact) mass is 264 g/mol. The first-order chi connectivity index (χ1) is 8.92. The Hall–Kier alpha value is -0.380. The van der Waals surface area contributed by atoms with Crippen LogP contribution in [0.1, 0.15) is 43.4 Å². The number of rotatable bonds is 6. The zero-order valence-corrected chi connectivity index (χ0v) is 11.9.